The lowest BCUT2D eigenvalue weighted by atomic mass is 9.85. The zero-order valence-corrected chi connectivity index (χ0v) is 58.0. The van der Waals surface area contributed by atoms with Gasteiger partial charge < -0.3 is 117 Å². The van der Waals surface area contributed by atoms with Crippen LogP contribution in [0.1, 0.15) is 194 Å². The van der Waals surface area contributed by atoms with E-state index in [0.717, 1.165) is 44.9 Å². The molecule has 0 spiro atoms. The third kappa shape index (κ3) is 34.7. The molecule has 2 aliphatic rings. The second-order valence-electron chi connectivity index (χ2n) is 27.5. The molecule has 0 aromatic heterocycles. The standard InChI is InChI=1S/C69H126O27S/c1-6-7-8-9-10-11-12-13-14-15-16-17-18-19-31-50(75)62(85)69-63(86)54(79)39-55(95-69)64(87)60(83)43(4)34-36-52(77)68-67(90)66(89)65(88)56(94-68)38-53(78)57(80)41(2)24-20-32-49(74)61(84)59(82)42(3)33-35-51(76)58(81)44(5)37-46(72)27-23-30-48(96-97(91,92)93)29-22-26-45(71)25-21-28-47(73)40-70/h6-8,19,21,25,31,41-42,44-90H,1,4,9-18,20,22-24,26-30,32-40H2,2-3,5H3,(H,91,92,93)/b8-7+,25-21+,31-19+. The lowest BCUT2D eigenvalue weighted by Crippen LogP contribution is -2.61. The van der Waals surface area contributed by atoms with Gasteiger partial charge in [-0.2, -0.15) is 8.42 Å². The predicted octanol–water partition coefficient (Wildman–Crippen LogP) is 0.771. The molecular weight excluding hydrogens is 1290 g/mol. The van der Waals surface area contributed by atoms with Crippen LogP contribution in [0, 0.1) is 17.8 Å². The first kappa shape index (κ1) is 90.7. The lowest BCUT2D eigenvalue weighted by molar-refractivity contribution is -0.250. The molecule has 570 valence electrons. The Morgan fingerprint density at radius 3 is 1.72 bits per heavy atom. The second-order valence-corrected chi connectivity index (χ2v) is 28.6. The molecule has 28 heteroatoms. The Labute approximate surface area is 574 Å². The highest BCUT2D eigenvalue weighted by Crippen LogP contribution is 2.33. The van der Waals surface area contributed by atoms with Crippen LogP contribution in [0.3, 0.4) is 0 Å². The lowest BCUT2D eigenvalue weighted by Gasteiger charge is -2.43. The molecule has 0 aliphatic carbocycles. The molecule has 28 unspecified atom stereocenters. The van der Waals surface area contributed by atoms with E-state index in [4.69, 9.17) is 18.8 Å². The summed E-state index contributed by atoms with van der Waals surface area (Å²) in [5.74, 6) is -1.98. The van der Waals surface area contributed by atoms with E-state index in [-0.39, 0.29) is 102 Å². The Morgan fingerprint density at radius 1 is 0.546 bits per heavy atom. The predicted molar refractivity (Wildman–Crippen MR) is 360 cm³/mol. The smallest absolute Gasteiger partial charge is 0.394 e. The van der Waals surface area contributed by atoms with Gasteiger partial charge in [0.05, 0.1) is 92.1 Å². The Hall–Kier alpha value is -2.35. The first-order chi connectivity index (χ1) is 45.7. The molecule has 0 amide bonds. The molecular formula is C69H126O27S. The van der Waals surface area contributed by atoms with Crippen LogP contribution >= 0.6 is 0 Å². The van der Waals surface area contributed by atoms with E-state index < -0.39 is 194 Å². The highest BCUT2D eigenvalue weighted by Gasteiger charge is 2.49. The van der Waals surface area contributed by atoms with Crippen molar-refractivity contribution in [2.45, 2.75) is 347 Å². The third-order valence-electron chi connectivity index (χ3n) is 19.1. The molecule has 0 radical (unpaired) electrons. The number of unbranched alkanes of at least 4 members (excludes halogenated alkanes) is 9. The van der Waals surface area contributed by atoms with Crippen molar-refractivity contribution in [3.05, 3.63) is 61.3 Å². The summed E-state index contributed by atoms with van der Waals surface area (Å²) in [5.41, 5.74) is -0.0510. The van der Waals surface area contributed by atoms with E-state index >= 15 is 0 Å². The quantitative estimate of drug-likeness (QED) is 0.0173. The summed E-state index contributed by atoms with van der Waals surface area (Å²) in [5, 5.41) is 225. The van der Waals surface area contributed by atoms with Crippen LogP contribution in [-0.2, 0) is 24.1 Å². The van der Waals surface area contributed by atoms with Gasteiger partial charge in [0.1, 0.15) is 67.1 Å². The third-order valence-corrected chi connectivity index (χ3v) is 19.6. The van der Waals surface area contributed by atoms with Crippen molar-refractivity contribution in [2.75, 3.05) is 6.61 Å². The number of hydrogen-bond donors (Lipinski definition) is 22. The number of aliphatic hydroxyl groups is 21. The van der Waals surface area contributed by atoms with Crippen molar-refractivity contribution in [2.24, 2.45) is 17.8 Å². The van der Waals surface area contributed by atoms with Crippen LogP contribution in [0.4, 0.5) is 0 Å². The molecule has 97 heavy (non-hydrogen) atoms. The van der Waals surface area contributed by atoms with Crippen LogP contribution in [-0.4, -0.2) is 279 Å². The minimum absolute atomic E-state index is 0.0288. The summed E-state index contributed by atoms with van der Waals surface area (Å²) >= 11 is 0. The number of allylic oxidation sites excluding steroid dienone is 4. The highest BCUT2D eigenvalue weighted by molar-refractivity contribution is 7.80. The van der Waals surface area contributed by atoms with E-state index in [1.165, 1.54) is 31.1 Å². The average molecular weight is 1420 g/mol. The Kier molecular flexibility index (Phi) is 45.4. The molecule has 0 bridgehead atoms. The van der Waals surface area contributed by atoms with Gasteiger partial charge in [-0.05, 0) is 139 Å². The molecule has 0 aromatic carbocycles. The van der Waals surface area contributed by atoms with Gasteiger partial charge >= 0.3 is 10.4 Å². The normalized spacial score (nSPS) is 27.4. The van der Waals surface area contributed by atoms with Crippen molar-refractivity contribution in [1.82, 2.24) is 0 Å². The van der Waals surface area contributed by atoms with Gasteiger partial charge in [-0.1, -0.05) is 121 Å². The summed E-state index contributed by atoms with van der Waals surface area (Å²) in [4.78, 5) is 0. The fourth-order valence-corrected chi connectivity index (χ4v) is 13.1. The van der Waals surface area contributed by atoms with Gasteiger partial charge in [-0.15, -0.1) is 0 Å². The van der Waals surface area contributed by atoms with Gasteiger partial charge in [0.15, 0.2) is 0 Å². The number of ether oxygens (including phenoxy) is 2. The van der Waals surface area contributed by atoms with Crippen LogP contribution in [0.25, 0.3) is 0 Å². The molecule has 22 N–H and O–H groups in total. The Bertz CT molecular complexity index is 2280. The van der Waals surface area contributed by atoms with E-state index in [0.29, 0.717) is 12.8 Å². The fraction of sp³-hybridized carbons (Fsp3) is 0.855. The maximum absolute atomic E-state index is 11.5. The Balaban J connectivity index is 1.81. The summed E-state index contributed by atoms with van der Waals surface area (Å²) in [6.07, 6.45) is -14.4. The van der Waals surface area contributed by atoms with Gasteiger partial charge in [0, 0.05) is 12.8 Å². The largest absolute Gasteiger partial charge is 0.397 e. The van der Waals surface area contributed by atoms with Crippen molar-refractivity contribution in [1.29, 1.82) is 0 Å². The summed E-state index contributed by atoms with van der Waals surface area (Å²) in [6.45, 7) is 11.8. The van der Waals surface area contributed by atoms with E-state index in [1.54, 1.807) is 32.9 Å². The molecule has 2 aliphatic heterocycles. The summed E-state index contributed by atoms with van der Waals surface area (Å²) < 4.78 is 48.6. The maximum Gasteiger partial charge on any atom is 0.397 e. The summed E-state index contributed by atoms with van der Waals surface area (Å²) in [6, 6.07) is 0. The molecule has 0 saturated carbocycles. The zero-order valence-electron chi connectivity index (χ0n) is 57.2. The van der Waals surface area contributed by atoms with E-state index in [2.05, 4.69) is 19.2 Å². The van der Waals surface area contributed by atoms with Gasteiger partial charge in [0.25, 0.3) is 0 Å². The van der Waals surface area contributed by atoms with Gasteiger partial charge in [0.2, 0.25) is 0 Å². The molecule has 28 atom stereocenters. The molecule has 27 nitrogen and oxygen atoms in total. The van der Waals surface area contributed by atoms with E-state index in [9.17, 15) is 115 Å². The maximum atomic E-state index is 11.5. The first-order valence-electron chi connectivity index (χ1n) is 35.1. The Morgan fingerprint density at radius 2 is 1.11 bits per heavy atom. The van der Waals surface area contributed by atoms with E-state index in [1.807, 2.05) is 6.08 Å². The molecule has 2 heterocycles. The van der Waals surface area contributed by atoms with Gasteiger partial charge in [-0.25, -0.2) is 4.18 Å². The first-order valence-corrected chi connectivity index (χ1v) is 36.5. The monoisotopic (exact) mass is 1420 g/mol. The zero-order chi connectivity index (χ0) is 73.1. The number of rotatable bonds is 54. The molecule has 2 fully saturated rings. The van der Waals surface area contributed by atoms with Crippen LogP contribution in [0.2, 0.25) is 0 Å². The number of aliphatic hydroxyl groups excluding tert-OH is 21. The van der Waals surface area contributed by atoms with Crippen LogP contribution < -0.4 is 0 Å². The molecule has 2 saturated heterocycles. The SMILES string of the molecule is C=C/C=C/CCCCCCCCCC/C=C/C(O)C(O)C1OC(C(O)C(O)C(=C)CCC(O)C2OC(CC(O)C(O)C(C)CCCC(O)C(O)C(O)C(C)CCC(O)C(O)C(C)CC(O)CCCC(CCCC(O)/C=C/CC(O)CO)OS(=O)(=O)O)C(O)C(O)C2O)CC(O)C1O. The minimum Gasteiger partial charge on any atom is -0.394 e. The van der Waals surface area contributed by atoms with Gasteiger partial charge in [-0.3, -0.25) is 4.55 Å². The minimum atomic E-state index is -4.81. The van der Waals surface area contributed by atoms with Crippen molar-refractivity contribution in [3.63, 3.8) is 0 Å². The van der Waals surface area contributed by atoms with Crippen molar-refractivity contribution < 1.29 is 134 Å². The van der Waals surface area contributed by atoms with Crippen molar-refractivity contribution in [3.8, 4) is 0 Å². The second kappa shape index (κ2) is 48.6. The highest BCUT2D eigenvalue weighted by atomic mass is 32.3. The topological polar surface area (TPSA) is 507 Å². The van der Waals surface area contributed by atoms with Crippen LogP contribution in [0.5, 0.6) is 0 Å². The van der Waals surface area contributed by atoms with Crippen molar-refractivity contribution >= 4 is 10.4 Å². The molecule has 0 aromatic rings. The molecule has 2 rings (SSSR count). The average Bonchev–Trinajstić information content (AvgIpc) is 0.817. The van der Waals surface area contributed by atoms with Crippen LogP contribution in [0.15, 0.2) is 61.3 Å². The summed E-state index contributed by atoms with van der Waals surface area (Å²) in [7, 11) is -4.81. The number of hydrogen-bond acceptors (Lipinski definition) is 26. The fourth-order valence-electron chi connectivity index (χ4n) is 12.6.